The van der Waals surface area contributed by atoms with Crippen molar-refractivity contribution in [2.24, 2.45) is 7.05 Å². The standard InChI is InChI=1S/C13H12F3NO/c1-7-4-8(2)11-9(5-7)10(6-18)12(17(11)3)13(14,15)16/h4-6H,1-3H3. The SMILES string of the molecule is Cc1cc(C)c2c(c1)c(C=O)c(C(F)(F)F)n2C. The minimum Gasteiger partial charge on any atom is -0.339 e. The van der Waals surface area contributed by atoms with Crippen molar-refractivity contribution in [3.05, 3.63) is 34.5 Å². The number of aryl methyl sites for hydroxylation is 3. The predicted molar refractivity (Wildman–Crippen MR) is 62.8 cm³/mol. The van der Waals surface area contributed by atoms with Gasteiger partial charge in [-0.25, -0.2) is 0 Å². The molecule has 0 amide bonds. The maximum atomic E-state index is 13.0. The van der Waals surface area contributed by atoms with Crippen LogP contribution < -0.4 is 0 Å². The molecule has 0 saturated heterocycles. The van der Waals surface area contributed by atoms with Gasteiger partial charge < -0.3 is 4.57 Å². The predicted octanol–water partition coefficient (Wildman–Crippen LogP) is 3.63. The summed E-state index contributed by atoms with van der Waals surface area (Å²) in [4.78, 5) is 11.0. The molecule has 0 radical (unpaired) electrons. The van der Waals surface area contributed by atoms with Gasteiger partial charge in [-0.1, -0.05) is 11.6 Å². The van der Waals surface area contributed by atoms with Crippen LogP contribution in [-0.4, -0.2) is 10.9 Å². The molecule has 2 rings (SSSR count). The molecule has 0 N–H and O–H groups in total. The van der Waals surface area contributed by atoms with E-state index in [9.17, 15) is 18.0 Å². The van der Waals surface area contributed by atoms with Gasteiger partial charge in [-0.3, -0.25) is 4.79 Å². The summed E-state index contributed by atoms with van der Waals surface area (Å²) in [5.74, 6) is 0. The second-order valence-electron chi connectivity index (χ2n) is 4.41. The molecule has 96 valence electrons. The molecule has 2 aromatic rings. The van der Waals surface area contributed by atoms with Crippen LogP contribution in [-0.2, 0) is 13.2 Å². The molecule has 1 aromatic carbocycles. The lowest BCUT2D eigenvalue weighted by Gasteiger charge is -2.09. The fourth-order valence-electron chi connectivity index (χ4n) is 2.49. The summed E-state index contributed by atoms with van der Waals surface area (Å²) in [6, 6.07) is 3.42. The number of carbonyl (C=O) groups excluding carboxylic acids is 1. The molecule has 0 atom stereocenters. The van der Waals surface area contributed by atoms with Crippen LogP contribution in [0.1, 0.15) is 27.2 Å². The zero-order valence-electron chi connectivity index (χ0n) is 10.2. The van der Waals surface area contributed by atoms with E-state index in [1.54, 1.807) is 26.0 Å². The number of rotatable bonds is 1. The van der Waals surface area contributed by atoms with E-state index in [0.717, 1.165) is 15.7 Å². The van der Waals surface area contributed by atoms with E-state index >= 15 is 0 Å². The van der Waals surface area contributed by atoms with Gasteiger partial charge in [0.05, 0.1) is 11.1 Å². The van der Waals surface area contributed by atoms with Gasteiger partial charge in [0.15, 0.2) is 6.29 Å². The Morgan fingerprint density at radius 3 is 2.33 bits per heavy atom. The molecule has 0 bridgehead atoms. The number of aldehydes is 1. The molecule has 2 nitrogen and oxygen atoms in total. The summed E-state index contributed by atoms with van der Waals surface area (Å²) >= 11 is 0. The average molecular weight is 255 g/mol. The quantitative estimate of drug-likeness (QED) is 0.713. The molecule has 18 heavy (non-hydrogen) atoms. The van der Waals surface area contributed by atoms with Crippen LogP contribution in [0, 0.1) is 13.8 Å². The third kappa shape index (κ3) is 1.70. The molecule has 0 aliphatic rings. The lowest BCUT2D eigenvalue weighted by molar-refractivity contribution is -0.143. The van der Waals surface area contributed by atoms with E-state index in [4.69, 9.17) is 0 Å². The van der Waals surface area contributed by atoms with Crippen molar-refractivity contribution in [2.45, 2.75) is 20.0 Å². The Labute approximate surface area is 102 Å². The summed E-state index contributed by atoms with van der Waals surface area (Å²) in [7, 11) is 1.33. The molecule has 0 saturated carbocycles. The van der Waals surface area contributed by atoms with Crippen molar-refractivity contribution in [1.29, 1.82) is 0 Å². The molecule has 0 unspecified atom stereocenters. The number of alkyl halides is 3. The first kappa shape index (κ1) is 12.7. The van der Waals surface area contributed by atoms with Gasteiger partial charge >= 0.3 is 6.18 Å². The highest BCUT2D eigenvalue weighted by Gasteiger charge is 2.38. The van der Waals surface area contributed by atoms with Gasteiger partial charge in [0.1, 0.15) is 5.69 Å². The molecular weight excluding hydrogens is 243 g/mol. The van der Waals surface area contributed by atoms with E-state index in [1.807, 2.05) is 0 Å². The Morgan fingerprint density at radius 2 is 1.83 bits per heavy atom. The molecule has 0 fully saturated rings. The lowest BCUT2D eigenvalue weighted by Crippen LogP contribution is -2.13. The van der Waals surface area contributed by atoms with Gasteiger partial charge in [0.2, 0.25) is 0 Å². The number of carbonyl (C=O) groups is 1. The number of hydrogen-bond acceptors (Lipinski definition) is 1. The van der Waals surface area contributed by atoms with Crippen molar-refractivity contribution in [3.8, 4) is 0 Å². The topological polar surface area (TPSA) is 22.0 Å². The summed E-state index contributed by atoms with van der Waals surface area (Å²) in [5, 5.41) is 0.359. The van der Waals surface area contributed by atoms with Crippen molar-refractivity contribution in [1.82, 2.24) is 4.57 Å². The van der Waals surface area contributed by atoms with E-state index < -0.39 is 11.9 Å². The second-order valence-corrected chi connectivity index (χ2v) is 4.41. The van der Waals surface area contributed by atoms with Crippen LogP contribution in [0.5, 0.6) is 0 Å². The van der Waals surface area contributed by atoms with Crippen LogP contribution in [0.25, 0.3) is 10.9 Å². The van der Waals surface area contributed by atoms with Crippen LogP contribution in [0.15, 0.2) is 12.1 Å². The molecule has 0 aliphatic heterocycles. The summed E-state index contributed by atoms with van der Waals surface area (Å²) in [6.45, 7) is 3.53. The molecule has 1 heterocycles. The van der Waals surface area contributed by atoms with Gasteiger partial charge in [-0.2, -0.15) is 13.2 Å². The van der Waals surface area contributed by atoms with E-state index in [0.29, 0.717) is 10.9 Å². The largest absolute Gasteiger partial charge is 0.432 e. The Hall–Kier alpha value is -1.78. The van der Waals surface area contributed by atoms with Crippen molar-refractivity contribution in [3.63, 3.8) is 0 Å². The Bertz CT molecular complexity index is 638. The van der Waals surface area contributed by atoms with Crippen LogP contribution in [0.3, 0.4) is 0 Å². The second kappa shape index (κ2) is 3.86. The zero-order chi connectivity index (χ0) is 13.7. The highest BCUT2D eigenvalue weighted by Crippen LogP contribution is 2.38. The summed E-state index contributed by atoms with van der Waals surface area (Å²) in [6.07, 6.45) is -4.26. The maximum absolute atomic E-state index is 13.0. The minimum absolute atomic E-state index is 0.282. The van der Waals surface area contributed by atoms with Crippen LogP contribution >= 0.6 is 0 Å². The van der Waals surface area contributed by atoms with E-state index in [2.05, 4.69) is 0 Å². The normalized spacial score (nSPS) is 12.1. The average Bonchev–Trinajstić information content (AvgIpc) is 2.50. The molecule has 0 aliphatic carbocycles. The zero-order valence-corrected chi connectivity index (χ0v) is 10.2. The van der Waals surface area contributed by atoms with Crippen LogP contribution in [0.4, 0.5) is 13.2 Å². The highest BCUT2D eigenvalue weighted by molar-refractivity contribution is 6.01. The van der Waals surface area contributed by atoms with E-state index in [-0.39, 0.29) is 11.8 Å². The fourth-order valence-corrected chi connectivity index (χ4v) is 2.49. The first-order chi connectivity index (χ1) is 8.27. The third-order valence-electron chi connectivity index (χ3n) is 3.05. The maximum Gasteiger partial charge on any atom is 0.432 e. The molecule has 1 aromatic heterocycles. The van der Waals surface area contributed by atoms with Gasteiger partial charge in [0.25, 0.3) is 0 Å². The lowest BCUT2D eigenvalue weighted by atomic mass is 10.1. The van der Waals surface area contributed by atoms with E-state index in [1.165, 1.54) is 7.05 Å². The number of benzene rings is 1. The van der Waals surface area contributed by atoms with Gasteiger partial charge in [-0.15, -0.1) is 0 Å². The number of hydrogen-bond donors (Lipinski definition) is 0. The number of halogens is 3. The van der Waals surface area contributed by atoms with Gasteiger partial charge in [0, 0.05) is 12.4 Å². The van der Waals surface area contributed by atoms with Gasteiger partial charge in [-0.05, 0) is 25.5 Å². The molecule has 5 heteroatoms. The number of aromatic nitrogens is 1. The summed E-state index contributed by atoms with van der Waals surface area (Å²) < 4.78 is 40.0. The monoisotopic (exact) mass is 255 g/mol. The number of nitrogens with zero attached hydrogens (tertiary/aromatic N) is 1. The van der Waals surface area contributed by atoms with Crippen LogP contribution in [0.2, 0.25) is 0 Å². The first-order valence-electron chi connectivity index (χ1n) is 5.39. The highest BCUT2D eigenvalue weighted by atomic mass is 19.4. The summed E-state index contributed by atoms with van der Waals surface area (Å²) in [5.41, 5.74) is 0.844. The molecule has 0 spiro atoms. The Morgan fingerprint density at radius 1 is 1.22 bits per heavy atom. The molecular formula is C13H12F3NO. The van der Waals surface area contributed by atoms with Crippen molar-refractivity contribution in [2.75, 3.05) is 0 Å². The Balaban J connectivity index is 3.02. The third-order valence-corrected chi connectivity index (χ3v) is 3.05. The minimum atomic E-state index is -4.54. The van der Waals surface area contributed by atoms with Crippen molar-refractivity contribution >= 4 is 17.2 Å². The first-order valence-corrected chi connectivity index (χ1v) is 5.39. The smallest absolute Gasteiger partial charge is 0.339 e. The fraction of sp³-hybridized carbons (Fsp3) is 0.308. The van der Waals surface area contributed by atoms with Crippen molar-refractivity contribution < 1.29 is 18.0 Å². The Kier molecular flexibility index (Phi) is 2.72. The number of fused-ring (bicyclic) bond motifs is 1.